The van der Waals surface area contributed by atoms with E-state index >= 15 is 0 Å². The number of hydrogen-bond acceptors (Lipinski definition) is 6. The molecule has 1 aliphatic rings. The summed E-state index contributed by atoms with van der Waals surface area (Å²) < 4.78 is 13.1. The fourth-order valence-corrected chi connectivity index (χ4v) is 4.84. The highest BCUT2D eigenvalue weighted by Crippen LogP contribution is 2.43. The van der Waals surface area contributed by atoms with Crippen LogP contribution >= 0.6 is 11.8 Å². The number of rotatable bonds is 7. The lowest BCUT2D eigenvalue weighted by Gasteiger charge is -2.29. The van der Waals surface area contributed by atoms with Gasteiger partial charge in [-0.3, -0.25) is 9.59 Å². The van der Waals surface area contributed by atoms with E-state index in [1.54, 1.807) is 17.7 Å². The van der Waals surface area contributed by atoms with Crippen LogP contribution in [0, 0.1) is 0 Å². The third-order valence-corrected chi connectivity index (χ3v) is 6.51. The molecule has 0 radical (unpaired) electrons. The Morgan fingerprint density at radius 3 is 2.66 bits per heavy atom. The third-order valence-electron chi connectivity index (χ3n) is 5.40. The number of fused-ring (bicyclic) bond motifs is 1. The number of nitrogens with zero attached hydrogens (tertiary/aromatic N) is 2. The van der Waals surface area contributed by atoms with Gasteiger partial charge in [-0.2, -0.15) is 4.98 Å². The number of amides is 1. The van der Waals surface area contributed by atoms with Gasteiger partial charge < -0.3 is 19.4 Å². The topological polar surface area (TPSA) is 82.4 Å². The monoisotopic (exact) mass is 451 g/mol. The average Bonchev–Trinajstić information content (AvgIpc) is 2.81. The standard InChI is InChI=1S/C24H25N3O4S/c1-4-31-21-16(11-8-12-18(21)30-3)17-13-19(28)25-22-20(17)23(29)26-24(27(22)2)32-14-15-9-6-5-7-10-15/h5-12,17H,4,13-14H2,1-3H3,(H,25,28)/t17-/m1/s1. The minimum Gasteiger partial charge on any atom is -0.493 e. The van der Waals surface area contributed by atoms with Crippen molar-refractivity contribution in [1.82, 2.24) is 9.55 Å². The maximum atomic E-state index is 13.2. The minimum absolute atomic E-state index is 0.133. The number of methoxy groups -OCH3 is 1. The van der Waals surface area contributed by atoms with Crippen LogP contribution in [0.4, 0.5) is 5.82 Å². The molecule has 8 heteroatoms. The van der Waals surface area contributed by atoms with Gasteiger partial charge in [0.05, 0.1) is 19.3 Å². The van der Waals surface area contributed by atoms with Crippen LogP contribution in [0.5, 0.6) is 11.5 Å². The summed E-state index contributed by atoms with van der Waals surface area (Å²) in [6, 6.07) is 15.5. The largest absolute Gasteiger partial charge is 0.493 e. The number of ether oxygens (including phenoxy) is 2. The second kappa shape index (κ2) is 9.48. The number of anilines is 1. The Morgan fingerprint density at radius 2 is 1.94 bits per heavy atom. The first-order chi connectivity index (χ1) is 15.5. The second-order valence-corrected chi connectivity index (χ2v) is 8.35. The quantitative estimate of drug-likeness (QED) is 0.433. The highest BCUT2D eigenvalue weighted by Gasteiger charge is 2.34. The maximum absolute atomic E-state index is 13.2. The van der Waals surface area contributed by atoms with E-state index in [0.717, 1.165) is 11.1 Å². The van der Waals surface area contributed by atoms with Crippen LogP contribution in [0.3, 0.4) is 0 Å². The van der Waals surface area contributed by atoms with Gasteiger partial charge in [-0.05, 0) is 18.6 Å². The molecule has 0 saturated carbocycles. The predicted molar refractivity (Wildman–Crippen MR) is 125 cm³/mol. The van der Waals surface area contributed by atoms with Gasteiger partial charge in [0.25, 0.3) is 5.56 Å². The Bertz CT molecular complexity index is 1190. The van der Waals surface area contributed by atoms with Gasteiger partial charge in [-0.15, -0.1) is 0 Å². The van der Waals surface area contributed by atoms with Crippen LogP contribution in [-0.2, 0) is 17.6 Å². The molecular weight excluding hydrogens is 426 g/mol. The minimum atomic E-state index is -0.477. The van der Waals surface area contributed by atoms with Gasteiger partial charge in [0.15, 0.2) is 16.7 Å². The van der Waals surface area contributed by atoms with Crippen molar-refractivity contribution in [3.8, 4) is 11.5 Å². The Labute approximate surface area is 190 Å². The van der Waals surface area contributed by atoms with E-state index < -0.39 is 5.92 Å². The molecule has 4 rings (SSSR count). The molecule has 1 atom stereocenters. The highest BCUT2D eigenvalue weighted by atomic mass is 32.2. The lowest BCUT2D eigenvalue weighted by Crippen LogP contribution is -2.33. The fourth-order valence-electron chi connectivity index (χ4n) is 3.92. The van der Waals surface area contributed by atoms with E-state index in [0.29, 0.717) is 40.4 Å². The van der Waals surface area contributed by atoms with E-state index in [-0.39, 0.29) is 17.9 Å². The van der Waals surface area contributed by atoms with Gasteiger partial charge >= 0.3 is 0 Å². The zero-order chi connectivity index (χ0) is 22.7. The Balaban J connectivity index is 1.78. The summed E-state index contributed by atoms with van der Waals surface area (Å²) in [7, 11) is 3.39. The molecule has 0 bridgehead atoms. The van der Waals surface area contributed by atoms with Crippen molar-refractivity contribution in [3.05, 3.63) is 75.6 Å². The number of benzene rings is 2. The number of carbonyl (C=O) groups excluding carboxylic acids is 1. The first-order valence-corrected chi connectivity index (χ1v) is 11.4. The van der Waals surface area contributed by atoms with Crippen LogP contribution in [0.1, 0.15) is 36.0 Å². The van der Waals surface area contributed by atoms with Gasteiger partial charge in [-0.25, -0.2) is 0 Å². The third kappa shape index (κ3) is 4.23. The molecule has 0 unspecified atom stereocenters. The first kappa shape index (κ1) is 22.0. The van der Waals surface area contributed by atoms with Gasteiger partial charge in [0.1, 0.15) is 5.82 Å². The lowest BCUT2D eigenvalue weighted by atomic mass is 9.86. The number of carbonyl (C=O) groups is 1. The second-order valence-electron chi connectivity index (χ2n) is 7.41. The molecule has 1 aromatic heterocycles. The molecule has 7 nitrogen and oxygen atoms in total. The van der Waals surface area contributed by atoms with Gasteiger partial charge in [0.2, 0.25) is 5.91 Å². The molecule has 1 amide bonds. The predicted octanol–water partition coefficient (Wildman–Crippen LogP) is 3.95. The van der Waals surface area contributed by atoms with Crippen LogP contribution in [0.25, 0.3) is 0 Å². The molecule has 0 spiro atoms. The molecule has 166 valence electrons. The van der Waals surface area contributed by atoms with Crippen molar-refractivity contribution in [2.24, 2.45) is 7.05 Å². The molecule has 1 aliphatic heterocycles. The first-order valence-electron chi connectivity index (χ1n) is 10.4. The van der Waals surface area contributed by atoms with Crippen molar-refractivity contribution >= 4 is 23.5 Å². The maximum Gasteiger partial charge on any atom is 0.279 e. The van der Waals surface area contributed by atoms with Crippen LogP contribution in [0.15, 0.2) is 58.5 Å². The molecule has 0 fully saturated rings. The summed E-state index contributed by atoms with van der Waals surface area (Å²) >= 11 is 1.46. The van der Waals surface area contributed by atoms with Crippen molar-refractivity contribution in [1.29, 1.82) is 0 Å². The highest BCUT2D eigenvalue weighted by molar-refractivity contribution is 7.98. The SMILES string of the molecule is CCOc1c(OC)cccc1[C@H]1CC(=O)Nc2c1c(=O)nc(SCc1ccccc1)n2C. The van der Waals surface area contributed by atoms with E-state index in [9.17, 15) is 9.59 Å². The zero-order valence-electron chi connectivity index (χ0n) is 18.3. The summed E-state index contributed by atoms with van der Waals surface area (Å²) in [4.78, 5) is 30.2. The molecule has 0 saturated heterocycles. The van der Waals surface area contributed by atoms with Crippen molar-refractivity contribution < 1.29 is 14.3 Å². The smallest absolute Gasteiger partial charge is 0.279 e. The molecule has 2 aromatic carbocycles. The zero-order valence-corrected chi connectivity index (χ0v) is 19.1. The number of nitrogens with one attached hydrogen (secondary N) is 1. The summed E-state index contributed by atoms with van der Waals surface area (Å²) in [5.74, 6) is 1.63. The van der Waals surface area contributed by atoms with Crippen LogP contribution < -0.4 is 20.3 Å². The summed E-state index contributed by atoms with van der Waals surface area (Å²) in [6.07, 6.45) is 0.133. The van der Waals surface area contributed by atoms with Crippen molar-refractivity contribution in [3.63, 3.8) is 0 Å². The van der Waals surface area contributed by atoms with E-state index in [1.807, 2.05) is 56.4 Å². The lowest BCUT2D eigenvalue weighted by molar-refractivity contribution is -0.116. The molecule has 1 N–H and O–H groups in total. The molecule has 0 aliphatic carbocycles. The molecule has 3 aromatic rings. The normalized spacial score (nSPS) is 15.1. The van der Waals surface area contributed by atoms with Crippen LogP contribution in [-0.4, -0.2) is 29.2 Å². The number of thioether (sulfide) groups is 1. The number of aromatic nitrogens is 2. The molecule has 2 heterocycles. The van der Waals surface area contributed by atoms with E-state index in [4.69, 9.17) is 9.47 Å². The van der Waals surface area contributed by atoms with Gasteiger partial charge in [-0.1, -0.05) is 54.2 Å². The summed E-state index contributed by atoms with van der Waals surface area (Å²) in [5.41, 5.74) is 1.99. The Hall–Kier alpha value is -3.26. The van der Waals surface area contributed by atoms with E-state index in [1.165, 1.54) is 11.8 Å². The van der Waals surface area contributed by atoms with Crippen molar-refractivity contribution in [2.75, 3.05) is 19.0 Å². The number of para-hydroxylation sites is 1. The van der Waals surface area contributed by atoms with Gasteiger partial charge in [0, 0.05) is 30.7 Å². The number of hydrogen-bond donors (Lipinski definition) is 1. The summed E-state index contributed by atoms with van der Waals surface area (Å²) in [6.45, 7) is 2.32. The fraction of sp³-hybridized carbons (Fsp3) is 0.292. The molecular formula is C24H25N3O4S. The Kier molecular flexibility index (Phi) is 6.50. The van der Waals surface area contributed by atoms with Crippen LogP contribution in [0.2, 0.25) is 0 Å². The average molecular weight is 452 g/mol. The van der Waals surface area contributed by atoms with Crippen molar-refractivity contribution in [2.45, 2.75) is 30.2 Å². The Morgan fingerprint density at radius 1 is 1.16 bits per heavy atom. The van der Waals surface area contributed by atoms with E-state index in [2.05, 4.69) is 10.3 Å². The summed E-state index contributed by atoms with van der Waals surface area (Å²) in [5, 5.41) is 3.44. The molecule has 32 heavy (non-hydrogen) atoms.